The van der Waals surface area contributed by atoms with Gasteiger partial charge in [-0.25, -0.2) is 4.79 Å². The van der Waals surface area contributed by atoms with Crippen molar-refractivity contribution in [3.63, 3.8) is 0 Å². The molecule has 0 spiro atoms. The first-order chi connectivity index (χ1) is 7.67. The summed E-state index contributed by atoms with van der Waals surface area (Å²) in [5.74, 6) is 0. The van der Waals surface area contributed by atoms with Crippen molar-refractivity contribution in [1.29, 1.82) is 0 Å². The first-order valence-corrected chi connectivity index (χ1v) is 5.00. The zero-order valence-electron chi connectivity index (χ0n) is 9.79. The Morgan fingerprint density at radius 1 is 1.12 bits per heavy atom. The maximum atomic E-state index is 11.5. The summed E-state index contributed by atoms with van der Waals surface area (Å²) in [7, 11) is 0. The molecule has 0 unspecified atom stereocenters. The molecule has 0 aliphatic heterocycles. The van der Waals surface area contributed by atoms with Crippen LogP contribution in [0, 0.1) is 0 Å². The molecule has 0 aromatic rings. The minimum absolute atomic E-state index is 0.306. The summed E-state index contributed by atoms with van der Waals surface area (Å²) in [5.41, 5.74) is 1.34. The lowest BCUT2D eigenvalue weighted by Gasteiger charge is -2.08. The lowest BCUT2D eigenvalue weighted by Crippen LogP contribution is -2.33. The van der Waals surface area contributed by atoms with Crippen molar-refractivity contribution in [2.24, 2.45) is 0 Å². The summed E-state index contributed by atoms with van der Waals surface area (Å²) in [5, 5.41) is 5.33. The third kappa shape index (κ3) is 5.65. The zero-order chi connectivity index (χ0) is 12.4. The molecule has 2 N–H and O–H groups in total. The highest BCUT2D eigenvalue weighted by Crippen LogP contribution is 1.94. The van der Waals surface area contributed by atoms with Gasteiger partial charge in [-0.05, 0) is 32.1 Å². The van der Waals surface area contributed by atoms with Gasteiger partial charge in [-0.3, -0.25) is 0 Å². The number of hydrogen-bond donors (Lipinski definition) is 2. The number of nitrogens with one attached hydrogen (secondary N) is 2. The van der Waals surface area contributed by atoms with Crippen LogP contribution in [0.3, 0.4) is 0 Å². The average molecular weight is 218 g/mol. The summed E-state index contributed by atoms with van der Waals surface area (Å²) in [6.07, 6.45) is 10.3. The Hall–Kier alpha value is -2.03. The van der Waals surface area contributed by atoms with Gasteiger partial charge in [-0.2, -0.15) is 0 Å². The number of hydrogen-bond acceptors (Lipinski definition) is 1. The van der Waals surface area contributed by atoms with E-state index in [4.69, 9.17) is 0 Å². The number of carbonyl (C=O) groups excluding carboxylic acids is 1. The Balaban J connectivity index is 4.43. The van der Waals surface area contributed by atoms with Crippen LogP contribution < -0.4 is 10.6 Å². The molecule has 0 saturated carbocycles. The summed E-state index contributed by atoms with van der Waals surface area (Å²) < 4.78 is 0. The fraction of sp³-hybridized carbons (Fsp3) is 0.154. The van der Waals surface area contributed by atoms with E-state index < -0.39 is 0 Å². The SMILES string of the molecule is C=C/C=C(\C=C)NC(=O)NC(/C=C\C)=C/C. The molecule has 0 aliphatic carbocycles. The van der Waals surface area contributed by atoms with Crippen LogP contribution in [0.4, 0.5) is 4.79 Å². The van der Waals surface area contributed by atoms with Gasteiger partial charge in [0, 0.05) is 11.4 Å². The van der Waals surface area contributed by atoms with Crippen LogP contribution in [-0.2, 0) is 0 Å². The molecule has 0 fully saturated rings. The number of carbonyl (C=O) groups is 1. The van der Waals surface area contributed by atoms with Crippen molar-refractivity contribution < 1.29 is 4.79 Å². The van der Waals surface area contributed by atoms with E-state index >= 15 is 0 Å². The molecule has 0 heterocycles. The van der Waals surface area contributed by atoms with Crippen LogP contribution in [0.2, 0.25) is 0 Å². The Labute approximate surface area is 96.9 Å². The maximum Gasteiger partial charge on any atom is 0.323 e. The van der Waals surface area contributed by atoms with Crippen LogP contribution in [-0.4, -0.2) is 6.03 Å². The van der Waals surface area contributed by atoms with E-state index in [1.54, 1.807) is 18.2 Å². The van der Waals surface area contributed by atoms with E-state index in [0.29, 0.717) is 5.70 Å². The number of urea groups is 1. The number of allylic oxidation sites excluding steroid dienone is 6. The van der Waals surface area contributed by atoms with Crippen molar-refractivity contribution in [3.8, 4) is 0 Å². The molecule has 0 radical (unpaired) electrons. The van der Waals surface area contributed by atoms with E-state index in [-0.39, 0.29) is 6.03 Å². The van der Waals surface area contributed by atoms with Gasteiger partial charge in [0.05, 0.1) is 0 Å². The molecule has 3 heteroatoms. The van der Waals surface area contributed by atoms with Gasteiger partial charge in [0.1, 0.15) is 0 Å². The highest BCUT2D eigenvalue weighted by atomic mass is 16.2. The van der Waals surface area contributed by atoms with E-state index in [2.05, 4.69) is 23.8 Å². The Kier molecular flexibility index (Phi) is 7.24. The standard InChI is InChI=1S/C13H18N2O/c1-5-9-11(7-3)14-13(16)15-12(8-4)10-6-2/h5-10H,1,3H2,2,4H3,(H2,14,15,16)/b10-6-,11-9+,12-8+. The van der Waals surface area contributed by atoms with E-state index in [9.17, 15) is 4.79 Å². The molecule has 0 aromatic heterocycles. The molecule has 0 aromatic carbocycles. The second kappa shape index (κ2) is 8.29. The third-order valence-corrected chi connectivity index (χ3v) is 1.69. The maximum absolute atomic E-state index is 11.5. The van der Waals surface area contributed by atoms with Crippen LogP contribution in [0.5, 0.6) is 0 Å². The van der Waals surface area contributed by atoms with Crippen molar-refractivity contribution in [1.82, 2.24) is 10.6 Å². The van der Waals surface area contributed by atoms with Gasteiger partial charge in [-0.15, -0.1) is 0 Å². The van der Waals surface area contributed by atoms with Crippen LogP contribution in [0.1, 0.15) is 13.8 Å². The van der Waals surface area contributed by atoms with Gasteiger partial charge >= 0.3 is 6.03 Å². The van der Waals surface area contributed by atoms with Gasteiger partial charge < -0.3 is 10.6 Å². The molecule has 0 bridgehead atoms. The Morgan fingerprint density at radius 2 is 1.75 bits per heavy atom. The molecule has 0 rings (SSSR count). The minimum Gasteiger partial charge on any atom is -0.308 e. The molecule has 0 saturated heterocycles. The summed E-state index contributed by atoms with van der Waals surface area (Å²) in [4.78, 5) is 11.5. The Morgan fingerprint density at radius 3 is 2.19 bits per heavy atom. The van der Waals surface area contributed by atoms with Gasteiger partial charge in [0.15, 0.2) is 0 Å². The predicted octanol–water partition coefficient (Wildman–Crippen LogP) is 3.02. The lowest BCUT2D eigenvalue weighted by atomic mass is 10.3. The summed E-state index contributed by atoms with van der Waals surface area (Å²) in [6.45, 7) is 10.9. The van der Waals surface area contributed by atoms with Gasteiger partial charge in [-0.1, -0.05) is 31.4 Å². The van der Waals surface area contributed by atoms with Crippen LogP contribution >= 0.6 is 0 Å². The van der Waals surface area contributed by atoms with E-state index in [1.165, 1.54) is 0 Å². The molecular formula is C13H18N2O. The molecule has 16 heavy (non-hydrogen) atoms. The normalized spacial score (nSPS) is 12.4. The highest BCUT2D eigenvalue weighted by molar-refractivity contribution is 5.78. The van der Waals surface area contributed by atoms with Crippen molar-refractivity contribution in [3.05, 3.63) is 61.0 Å². The average Bonchev–Trinajstić information content (AvgIpc) is 2.27. The smallest absolute Gasteiger partial charge is 0.308 e. The second-order valence-corrected chi connectivity index (χ2v) is 2.88. The fourth-order valence-electron chi connectivity index (χ4n) is 0.971. The number of amides is 2. The molecule has 86 valence electrons. The van der Waals surface area contributed by atoms with Crippen molar-refractivity contribution >= 4 is 6.03 Å². The second-order valence-electron chi connectivity index (χ2n) is 2.88. The summed E-state index contributed by atoms with van der Waals surface area (Å²) in [6, 6.07) is -0.306. The summed E-state index contributed by atoms with van der Waals surface area (Å²) >= 11 is 0. The van der Waals surface area contributed by atoms with E-state index in [1.807, 2.05) is 32.1 Å². The first kappa shape index (κ1) is 14.0. The highest BCUT2D eigenvalue weighted by Gasteiger charge is 2.01. The lowest BCUT2D eigenvalue weighted by molar-refractivity contribution is 0.246. The molecule has 0 atom stereocenters. The molecule has 3 nitrogen and oxygen atoms in total. The van der Waals surface area contributed by atoms with Crippen LogP contribution in [0.15, 0.2) is 61.0 Å². The Bertz CT molecular complexity index is 349. The van der Waals surface area contributed by atoms with Crippen molar-refractivity contribution in [2.75, 3.05) is 0 Å². The number of rotatable bonds is 5. The monoisotopic (exact) mass is 218 g/mol. The quantitative estimate of drug-likeness (QED) is 0.684. The van der Waals surface area contributed by atoms with Crippen molar-refractivity contribution in [2.45, 2.75) is 13.8 Å². The fourth-order valence-corrected chi connectivity index (χ4v) is 0.971. The van der Waals surface area contributed by atoms with E-state index in [0.717, 1.165) is 5.70 Å². The first-order valence-electron chi connectivity index (χ1n) is 5.00. The molecule has 0 aliphatic rings. The molecular weight excluding hydrogens is 200 g/mol. The predicted molar refractivity (Wildman–Crippen MR) is 68.7 cm³/mol. The largest absolute Gasteiger partial charge is 0.323 e. The van der Waals surface area contributed by atoms with Gasteiger partial charge in [0.2, 0.25) is 0 Å². The van der Waals surface area contributed by atoms with Crippen LogP contribution in [0.25, 0.3) is 0 Å². The van der Waals surface area contributed by atoms with Gasteiger partial charge in [0.25, 0.3) is 0 Å². The topological polar surface area (TPSA) is 41.1 Å². The third-order valence-electron chi connectivity index (χ3n) is 1.69. The molecule has 2 amide bonds. The minimum atomic E-state index is -0.306. The zero-order valence-corrected chi connectivity index (χ0v) is 9.79.